The number of hydrogen-bond acceptors (Lipinski definition) is 6. The molecule has 8 nitrogen and oxygen atoms in total. The van der Waals surface area contributed by atoms with Gasteiger partial charge in [-0.05, 0) is 49.6 Å². The molecule has 0 bridgehead atoms. The Hall–Kier alpha value is -3.36. The number of aromatic amines is 1. The van der Waals surface area contributed by atoms with E-state index in [1.54, 1.807) is 24.4 Å². The minimum Gasteiger partial charge on any atom is -0.364 e. The molecule has 3 N–H and O–H groups in total. The maximum atomic E-state index is 14.4. The Morgan fingerprint density at radius 3 is 2.63 bits per heavy atom. The summed E-state index contributed by atoms with van der Waals surface area (Å²) in [7, 11) is 1.87. The second kappa shape index (κ2) is 6.42. The van der Waals surface area contributed by atoms with Crippen molar-refractivity contribution in [3.05, 3.63) is 53.7 Å². The summed E-state index contributed by atoms with van der Waals surface area (Å²) < 4.78 is 14.4. The van der Waals surface area contributed by atoms with Crippen molar-refractivity contribution in [3.63, 3.8) is 0 Å². The molecular formula is C18H18FN7O. The Bertz CT molecular complexity index is 981. The lowest BCUT2D eigenvalue weighted by Crippen LogP contribution is -2.51. The summed E-state index contributed by atoms with van der Waals surface area (Å²) in [6.07, 6.45) is 4.19. The lowest BCUT2D eigenvalue weighted by molar-refractivity contribution is 0.0995. The van der Waals surface area contributed by atoms with Crippen LogP contribution in [-0.4, -0.2) is 38.3 Å². The average Bonchev–Trinajstić information content (AvgIpc) is 3.13. The number of halogens is 1. The predicted molar refractivity (Wildman–Crippen MR) is 96.3 cm³/mol. The Morgan fingerprint density at radius 1 is 1.26 bits per heavy atom. The molecule has 3 heterocycles. The molecule has 0 radical (unpaired) electrons. The maximum absolute atomic E-state index is 14.4. The number of amides is 1. The van der Waals surface area contributed by atoms with E-state index in [9.17, 15) is 9.18 Å². The van der Waals surface area contributed by atoms with Crippen LogP contribution < -0.4 is 10.6 Å². The summed E-state index contributed by atoms with van der Waals surface area (Å²) in [5, 5.41) is 15.0. The smallest absolute Gasteiger partial charge is 0.266 e. The number of nitrogens with one attached hydrogen (secondary N) is 1. The number of anilines is 1. The largest absolute Gasteiger partial charge is 0.364 e. The van der Waals surface area contributed by atoms with Crippen LogP contribution in [0.2, 0.25) is 0 Å². The molecule has 1 aliphatic carbocycles. The van der Waals surface area contributed by atoms with E-state index in [1.807, 2.05) is 11.9 Å². The van der Waals surface area contributed by atoms with Crippen LogP contribution >= 0.6 is 0 Å². The number of carbonyl (C=O) groups excluding carboxylic acids is 1. The van der Waals surface area contributed by atoms with Gasteiger partial charge in [-0.2, -0.15) is 5.10 Å². The number of primary amides is 1. The Balaban J connectivity index is 1.63. The molecule has 0 unspecified atom stereocenters. The number of pyridine rings is 1. The third-order valence-corrected chi connectivity index (χ3v) is 5.12. The third kappa shape index (κ3) is 2.80. The molecule has 3 aromatic rings. The lowest BCUT2D eigenvalue weighted by atomic mass is 9.72. The minimum absolute atomic E-state index is 0.201. The molecule has 0 spiro atoms. The summed E-state index contributed by atoms with van der Waals surface area (Å²) >= 11 is 0. The normalized spacial score (nSPS) is 15.2. The molecule has 0 saturated heterocycles. The second-order valence-electron chi connectivity index (χ2n) is 6.59. The van der Waals surface area contributed by atoms with E-state index >= 15 is 0 Å². The van der Waals surface area contributed by atoms with Gasteiger partial charge in [-0.3, -0.25) is 14.9 Å². The van der Waals surface area contributed by atoms with Crippen molar-refractivity contribution < 1.29 is 9.18 Å². The molecule has 138 valence electrons. The van der Waals surface area contributed by atoms with E-state index in [1.165, 1.54) is 12.1 Å². The Labute approximate surface area is 154 Å². The van der Waals surface area contributed by atoms with Crippen molar-refractivity contribution >= 4 is 11.7 Å². The molecule has 0 aliphatic heterocycles. The van der Waals surface area contributed by atoms with Crippen LogP contribution in [0.15, 0.2) is 36.5 Å². The number of nitrogens with zero attached hydrogens (tertiary/aromatic N) is 5. The molecule has 27 heavy (non-hydrogen) atoms. The van der Waals surface area contributed by atoms with Gasteiger partial charge in [-0.25, -0.2) is 4.39 Å². The van der Waals surface area contributed by atoms with Gasteiger partial charge in [-0.15, -0.1) is 10.2 Å². The van der Waals surface area contributed by atoms with E-state index in [0.717, 1.165) is 19.3 Å². The highest BCUT2D eigenvalue weighted by Gasteiger charge is 2.46. The lowest BCUT2D eigenvalue weighted by Gasteiger charge is -2.48. The zero-order valence-electron chi connectivity index (χ0n) is 14.7. The van der Waals surface area contributed by atoms with Crippen molar-refractivity contribution in [2.75, 3.05) is 11.9 Å². The molecule has 0 aromatic carbocycles. The highest BCUT2D eigenvalue weighted by Crippen LogP contribution is 2.47. The molecule has 1 amide bonds. The third-order valence-electron chi connectivity index (χ3n) is 5.12. The number of nitrogens with two attached hydrogens (primary N) is 1. The van der Waals surface area contributed by atoms with Gasteiger partial charge < -0.3 is 10.6 Å². The molecule has 9 heteroatoms. The van der Waals surface area contributed by atoms with Gasteiger partial charge in [0.2, 0.25) is 0 Å². The SMILES string of the molecule is CN(c1ccc(-c2cc(C(N)=O)[nH]n2)nn1)C1(c2ncccc2F)CCC1. The van der Waals surface area contributed by atoms with Gasteiger partial charge in [0.1, 0.15) is 28.6 Å². The molecular weight excluding hydrogens is 349 g/mol. The number of H-pyrrole nitrogens is 1. The van der Waals surface area contributed by atoms with Crippen molar-refractivity contribution in [2.24, 2.45) is 5.73 Å². The van der Waals surface area contributed by atoms with E-state index in [2.05, 4.69) is 25.4 Å². The van der Waals surface area contributed by atoms with Crippen molar-refractivity contribution in [1.29, 1.82) is 0 Å². The fourth-order valence-corrected chi connectivity index (χ4v) is 3.41. The molecule has 0 atom stereocenters. The van der Waals surface area contributed by atoms with Gasteiger partial charge in [0.25, 0.3) is 5.91 Å². The van der Waals surface area contributed by atoms with Gasteiger partial charge in [0, 0.05) is 13.2 Å². The van der Waals surface area contributed by atoms with Gasteiger partial charge in [0.15, 0.2) is 5.82 Å². The number of carbonyl (C=O) groups is 1. The quantitative estimate of drug-likeness (QED) is 0.713. The summed E-state index contributed by atoms with van der Waals surface area (Å²) in [5.41, 5.74) is 6.30. The topological polar surface area (TPSA) is 114 Å². The van der Waals surface area contributed by atoms with Crippen LogP contribution in [0.3, 0.4) is 0 Å². The van der Waals surface area contributed by atoms with Crippen LogP contribution in [0, 0.1) is 5.82 Å². The number of aromatic nitrogens is 5. The zero-order chi connectivity index (χ0) is 19.0. The van der Waals surface area contributed by atoms with E-state index in [0.29, 0.717) is 22.9 Å². The first-order valence-electron chi connectivity index (χ1n) is 8.55. The summed E-state index contributed by atoms with van der Waals surface area (Å²) in [6, 6.07) is 8.08. The molecule has 3 aromatic heterocycles. The molecule has 4 rings (SSSR count). The number of hydrogen-bond donors (Lipinski definition) is 2. The number of rotatable bonds is 5. The summed E-state index contributed by atoms with van der Waals surface area (Å²) in [4.78, 5) is 17.4. The van der Waals surface area contributed by atoms with Gasteiger partial charge >= 0.3 is 0 Å². The fraction of sp³-hybridized carbons (Fsp3) is 0.278. The summed E-state index contributed by atoms with van der Waals surface area (Å²) in [5.74, 6) is -0.305. The van der Waals surface area contributed by atoms with Crippen molar-refractivity contribution in [3.8, 4) is 11.4 Å². The van der Waals surface area contributed by atoms with E-state index < -0.39 is 11.4 Å². The van der Waals surface area contributed by atoms with Crippen LogP contribution in [-0.2, 0) is 5.54 Å². The predicted octanol–water partition coefficient (Wildman–Crippen LogP) is 2.02. The second-order valence-corrected chi connectivity index (χ2v) is 6.59. The standard InChI is InChI=1S/C18H18FN7O/c1-26(18(7-3-8-18)16-11(19)4-2-9-21-16)15-6-5-12(22-25-15)13-10-14(17(20)27)24-23-13/h2,4-6,9-10H,3,7-8H2,1H3,(H2,20,27)(H,23,24). The van der Waals surface area contributed by atoms with E-state index in [4.69, 9.17) is 5.73 Å². The first-order chi connectivity index (χ1) is 13.0. The summed E-state index contributed by atoms with van der Waals surface area (Å²) in [6.45, 7) is 0. The molecule has 1 saturated carbocycles. The first kappa shape index (κ1) is 17.1. The van der Waals surface area contributed by atoms with E-state index in [-0.39, 0.29) is 11.5 Å². The maximum Gasteiger partial charge on any atom is 0.266 e. The Kier molecular flexibility index (Phi) is 4.06. The van der Waals surface area contributed by atoms with Gasteiger partial charge in [0.05, 0.1) is 5.54 Å². The highest BCUT2D eigenvalue weighted by atomic mass is 19.1. The van der Waals surface area contributed by atoms with Crippen LogP contribution in [0.1, 0.15) is 35.4 Å². The minimum atomic E-state index is -0.595. The van der Waals surface area contributed by atoms with Crippen LogP contribution in [0.25, 0.3) is 11.4 Å². The molecule has 1 fully saturated rings. The van der Waals surface area contributed by atoms with Gasteiger partial charge in [-0.1, -0.05) is 0 Å². The Morgan fingerprint density at radius 2 is 2.07 bits per heavy atom. The molecule has 1 aliphatic rings. The first-order valence-corrected chi connectivity index (χ1v) is 8.55. The monoisotopic (exact) mass is 367 g/mol. The van der Waals surface area contributed by atoms with Crippen LogP contribution in [0.4, 0.5) is 10.2 Å². The highest BCUT2D eigenvalue weighted by molar-refractivity contribution is 5.91. The average molecular weight is 367 g/mol. The zero-order valence-corrected chi connectivity index (χ0v) is 14.7. The van der Waals surface area contributed by atoms with Crippen molar-refractivity contribution in [2.45, 2.75) is 24.8 Å². The van der Waals surface area contributed by atoms with Crippen molar-refractivity contribution in [1.82, 2.24) is 25.4 Å². The van der Waals surface area contributed by atoms with Crippen LogP contribution in [0.5, 0.6) is 0 Å². The fourth-order valence-electron chi connectivity index (χ4n) is 3.41.